The summed E-state index contributed by atoms with van der Waals surface area (Å²) in [7, 11) is 1.90. The first-order valence-corrected chi connectivity index (χ1v) is 8.94. The van der Waals surface area contributed by atoms with Crippen molar-refractivity contribution in [3.8, 4) is 11.4 Å². The zero-order chi connectivity index (χ0) is 16.6. The molecule has 5 nitrogen and oxygen atoms in total. The van der Waals surface area contributed by atoms with Crippen LogP contribution in [0, 0.1) is 20.8 Å². The number of thioether (sulfide) groups is 1. The van der Waals surface area contributed by atoms with Gasteiger partial charge in [-0.3, -0.25) is 4.79 Å². The predicted octanol–water partition coefficient (Wildman–Crippen LogP) is 4.04. The zero-order valence-corrected chi connectivity index (χ0v) is 15.0. The average Bonchev–Trinajstić information content (AvgIpc) is 3.16. The molecule has 0 aromatic carbocycles. The molecule has 0 amide bonds. The number of nitrogens with zero attached hydrogens (tertiary/aromatic N) is 3. The molecule has 7 heteroatoms. The predicted molar refractivity (Wildman–Crippen MR) is 92.3 cm³/mol. The fraction of sp³-hybridized carbons (Fsp3) is 0.312. The van der Waals surface area contributed by atoms with Crippen LogP contribution in [0.4, 0.5) is 0 Å². The van der Waals surface area contributed by atoms with Crippen LogP contribution in [-0.2, 0) is 7.05 Å². The number of ketones is 1. The molecule has 3 aromatic rings. The first kappa shape index (κ1) is 16.0. The molecule has 0 N–H and O–H groups in total. The molecule has 23 heavy (non-hydrogen) atoms. The molecule has 0 radical (unpaired) electrons. The Morgan fingerprint density at radius 2 is 2.13 bits per heavy atom. The highest BCUT2D eigenvalue weighted by atomic mass is 32.2. The van der Waals surface area contributed by atoms with Crippen LogP contribution in [0.5, 0.6) is 0 Å². The van der Waals surface area contributed by atoms with Gasteiger partial charge in [-0.2, -0.15) is 0 Å². The SMILES string of the molecule is Cc1cc(C(=O)CSc2nnc(-c3ccoc3C)n2C)c(C)s1. The molecule has 0 aliphatic rings. The van der Waals surface area contributed by atoms with Crippen molar-refractivity contribution in [2.75, 3.05) is 5.75 Å². The summed E-state index contributed by atoms with van der Waals surface area (Å²) in [6.07, 6.45) is 1.64. The Bertz CT molecular complexity index is 861. The lowest BCUT2D eigenvalue weighted by Gasteiger charge is -2.03. The number of aryl methyl sites for hydroxylation is 3. The van der Waals surface area contributed by atoms with Gasteiger partial charge in [0.15, 0.2) is 16.8 Å². The van der Waals surface area contributed by atoms with E-state index in [9.17, 15) is 4.79 Å². The smallest absolute Gasteiger partial charge is 0.191 e. The zero-order valence-electron chi connectivity index (χ0n) is 13.4. The molecule has 0 bridgehead atoms. The summed E-state index contributed by atoms with van der Waals surface area (Å²) in [4.78, 5) is 14.6. The van der Waals surface area contributed by atoms with Gasteiger partial charge in [0.1, 0.15) is 5.76 Å². The first-order valence-electron chi connectivity index (χ1n) is 7.14. The molecular formula is C16H17N3O2S2. The molecule has 0 saturated carbocycles. The third-order valence-corrected chi connectivity index (χ3v) is 5.59. The van der Waals surface area contributed by atoms with Gasteiger partial charge in [0.05, 0.1) is 17.6 Å². The first-order chi connectivity index (χ1) is 11.0. The van der Waals surface area contributed by atoms with Crippen molar-refractivity contribution in [3.63, 3.8) is 0 Å². The Labute approximate surface area is 142 Å². The van der Waals surface area contributed by atoms with Crippen LogP contribution in [0.2, 0.25) is 0 Å². The fourth-order valence-corrected chi connectivity index (χ4v) is 4.14. The number of Topliss-reactive ketones (excluding diaryl/α,β-unsaturated/α-hetero) is 1. The molecule has 0 fully saturated rings. The normalized spacial score (nSPS) is 11.1. The molecule has 0 aliphatic heterocycles. The van der Waals surface area contributed by atoms with E-state index in [4.69, 9.17) is 4.42 Å². The van der Waals surface area contributed by atoms with E-state index in [0.717, 1.165) is 37.6 Å². The minimum Gasteiger partial charge on any atom is -0.469 e. The lowest BCUT2D eigenvalue weighted by atomic mass is 10.2. The van der Waals surface area contributed by atoms with E-state index in [1.807, 2.05) is 44.5 Å². The summed E-state index contributed by atoms with van der Waals surface area (Å²) >= 11 is 3.06. The maximum absolute atomic E-state index is 12.4. The molecule has 3 rings (SSSR count). The second-order valence-corrected chi connectivity index (χ2v) is 7.70. The Hall–Kier alpha value is -1.86. The summed E-state index contributed by atoms with van der Waals surface area (Å²) in [6, 6.07) is 3.83. The van der Waals surface area contributed by atoms with E-state index >= 15 is 0 Å². The van der Waals surface area contributed by atoms with E-state index in [0.29, 0.717) is 5.75 Å². The van der Waals surface area contributed by atoms with E-state index in [1.165, 1.54) is 11.8 Å². The highest BCUT2D eigenvalue weighted by Gasteiger charge is 2.17. The summed E-state index contributed by atoms with van der Waals surface area (Å²) in [5, 5.41) is 9.13. The van der Waals surface area contributed by atoms with Crippen molar-refractivity contribution in [3.05, 3.63) is 39.5 Å². The van der Waals surface area contributed by atoms with Crippen molar-refractivity contribution in [2.45, 2.75) is 25.9 Å². The Balaban J connectivity index is 1.75. The molecule has 3 aromatic heterocycles. The third-order valence-electron chi connectivity index (χ3n) is 3.61. The molecule has 3 heterocycles. The topological polar surface area (TPSA) is 60.9 Å². The molecular weight excluding hydrogens is 330 g/mol. The average molecular weight is 347 g/mol. The van der Waals surface area contributed by atoms with Crippen LogP contribution in [0.1, 0.15) is 25.9 Å². The minimum atomic E-state index is 0.126. The maximum Gasteiger partial charge on any atom is 0.191 e. The van der Waals surface area contributed by atoms with Crippen molar-refractivity contribution in [1.29, 1.82) is 0 Å². The highest BCUT2D eigenvalue weighted by molar-refractivity contribution is 7.99. The summed E-state index contributed by atoms with van der Waals surface area (Å²) in [6.45, 7) is 5.89. The number of hydrogen-bond donors (Lipinski definition) is 0. The molecule has 0 atom stereocenters. The van der Waals surface area contributed by atoms with E-state index in [-0.39, 0.29) is 5.78 Å². The van der Waals surface area contributed by atoms with Gasteiger partial charge >= 0.3 is 0 Å². The second-order valence-electron chi connectivity index (χ2n) is 5.29. The molecule has 0 spiro atoms. The van der Waals surface area contributed by atoms with Gasteiger partial charge in [-0.15, -0.1) is 21.5 Å². The van der Waals surface area contributed by atoms with Crippen LogP contribution in [0.3, 0.4) is 0 Å². The maximum atomic E-state index is 12.4. The van der Waals surface area contributed by atoms with Gasteiger partial charge in [-0.1, -0.05) is 11.8 Å². The standard InChI is InChI=1S/C16H17N3O2S2/c1-9-7-13(11(3)23-9)14(20)8-22-16-18-17-15(19(16)4)12-5-6-21-10(12)2/h5-7H,8H2,1-4H3. The van der Waals surface area contributed by atoms with Gasteiger partial charge in [-0.25, -0.2) is 0 Å². The van der Waals surface area contributed by atoms with Gasteiger partial charge in [0, 0.05) is 22.4 Å². The second kappa shape index (κ2) is 6.33. The number of aromatic nitrogens is 3. The van der Waals surface area contributed by atoms with Crippen LogP contribution in [0.25, 0.3) is 11.4 Å². The molecule has 120 valence electrons. The van der Waals surface area contributed by atoms with Crippen LogP contribution >= 0.6 is 23.1 Å². The van der Waals surface area contributed by atoms with Crippen molar-refractivity contribution < 1.29 is 9.21 Å². The summed E-state index contributed by atoms with van der Waals surface area (Å²) in [5.41, 5.74) is 1.73. The van der Waals surface area contributed by atoms with Crippen LogP contribution < -0.4 is 0 Å². The molecule has 0 unspecified atom stereocenters. The highest BCUT2D eigenvalue weighted by Crippen LogP contribution is 2.27. The van der Waals surface area contributed by atoms with Crippen molar-refractivity contribution in [1.82, 2.24) is 14.8 Å². The monoisotopic (exact) mass is 347 g/mol. The van der Waals surface area contributed by atoms with E-state index in [2.05, 4.69) is 10.2 Å². The van der Waals surface area contributed by atoms with E-state index < -0.39 is 0 Å². The van der Waals surface area contributed by atoms with Gasteiger partial charge in [-0.05, 0) is 32.9 Å². The van der Waals surface area contributed by atoms with Gasteiger partial charge < -0.3 is 8.98 Å². The third kappa shape index (κ3) is 3.11. The number of carbonyl (C=O) groups is 1. The summed E-state index contributed by atoms with van der Waals surface area (Å²) in [5.74, 6) is 2.03. The molecule has 0 aliphatic carbocycles. The van der Waals surface area contributed by atoms with E-state index in [1.54, 1.807) is 17.6 Å². The van der Waals surface area contributed by atoms with Crippen molar-refractivity contribution >= 4 is 28.9 Å². The van der Waals surface area contributed by atoms with Crippen LogP contribution in [-0.4, -0.2) is 26.3 Å². The number of hydrogen-bond acceptors (Lipinski definition) is 6. The number of carbonyl (C=O) groups excluding carboxylic acids is 1. The lowest BCUT2D eigenvalue weighted by Crippen LogP contribution is -2.04. The number of thiophene rings is 1. The Morgan fingerprint density at radius 3 is 2.74 bits per heavy atom. The summed E-state index contributed by atoms with van der Waals surface area (Å²) < 4.78 is 7.20. The van der Waals surface area contributed by atoms with Gasteiger partial charge in [0.2, 0.25) is 0 Å². The van der Waals surface area contributed by atoms with Crippen molar-refractivity contribution in [2.24, 2.45) is 7.05 Å². The van der Waals surface area contributed by atoms with Crippen LogP contribution in [0.15, 0.2) is 28.0 Å². The van der Waals surface area contributed by atoms with Gasteiger partial charge in [0.25, 0.3) is 0 Å². The number of furan rings is 1. The fourth-order valence-electron chi connectivity index (χ4n) is 2.41. The molecule has 0 saturated heterocycles. The largest absolute Gasteiger partial charge is 0.469 e. The Kier molecular flexibility index (Phi) is 4.41. The lowest BCUT2D eigenvalue weighted by molar-refractivity contribution is 0.102. The minimum absolute atomic E-state index is 0.126. The quantitative estimate of drug-likeness (QED) is 0.515. The number of rotatable bonds is 5. The Morgan fingerprint density at radius 1 is 1.35 bits per heavy atom.